The molecule has 0 aliphatic carbocycles. The smallest absolute Gasteiger partial charge is 0.230 e. The Morgan fingerprint density at radius 2 is 2.32 bits per heavy atom. The molecule has 2 rings (SSSR count). The third kappa shape index (κ3) is 4.72. The number of halogens is 1. The molecule has 0 saturated carbocycles. The number of carbonyl (C=O) groups excluding carboxylic acids is 1. The number of anilines is 2. The first-order valence-corrected chi connectivity index (χ1v) is 8.64. The maximum atomic E-state index is 11.5. The quantitative estimate of drug-likeness (QED) is 0.587. The number of hydrogen-bond donors (Lipinski definition) is 2. The molecule has 5 nitrogen and oxygen atoms in total. The molecule has 1 heterocycles. The lowest BCUT2D eigenvalue weighted by Crippen LogP contribution is -2.24. The summed E-state index contributed by atoms with van der Waals surface area (Å²) >= 11 is 8.83. The molecule has 2 aromatic rings. The van der Waals surface area contributed by atoms with Crippen LogP contribution < -0.4 is 10.6 Å². The fraction of sp³-hybridized carbons (Fsp3) is 0.214. The van der Waals surface area contributed by atoms with Crippen LogP contribution in [-0.2, 0) is 4.79 Å². The van der Waals surface area contributed by atoms with Gasteiger partial charge in [0.15, 0.2) is 4.34 Å². The zero-order chi connectivity index (χ0) is 15.9. The van der Waals surface area contributed by atoms with E-state index in [9.17, 15) is 4.79 Å². The van der Waals surface area contributed by atoms with Crippen molar-refractivity contribution in [1.82, 2.24) is 15.5 Å². The molecule has 116 valence electrons. The summed E-state index contributed by atoms with van der Waals surface area (Å²) in [4.78, 5) is 11.5. The van der Waals surface area contributed by atoms with Gasteiger partial charge in [0.25, 0.3) is 0 Å². The van der Waals surface area contributed by atoms with E-state index in [2.05, 4.69) is 27.4 Å². The Morgan fingerprint density at radius 3 is 3.09 bits per heavy atom. The molecule has 0 saturated heterocycles. The first-order valence-electron chi connectivity index (χ1n) is 6.46. The lowest BCUT2D eigenvalue weighted by Gasteiger charge is -2.06. The van der Waals surface area contributed by atoms with Crippen LogP contribution in [0.1, 0.15) is 5.56 Å². The second-order valence-electron chi connectivity index (χ2n) is 4.29. The molecule has 0 aliphatic heterocycles. The first-order chi connectivity index (χ1) is 10.6. The maximum absolute atomic E-state index is 11.5. The van der Waals surface area contributed by atoms with E-state index >= 15 is 0 Å². The van der Waals surface area contributed by atoms with Crippen LogP contribution in [0.3, 0.4) is 0 Å². The van der Waals surface area contributed by atoms with Crippen molar-refractivity contribution in [2.45, 2.75) is 11.3 Å². The van der Waals surface area contributed by atoms with Gasteiger partial charge in [0.1, 0.15) is 0 Å². The number of benzene rings is 1. The second kappa shape index (κ2) is 8.17. The fourth-order valence-electron chi connectivity index (χ4n) is 1.54. The molecule has 0 atom stereocenters. The van der Waals surface area contributed by atoms with Crippen molar-refractivity contribution in [2.24, 2.45) is 0 Å². The van der Waals surface area contributed by atoms with Gasteiger partial charge in [0, 0.05) is 17.3 Å². The summed E-state index contributed by atoms with van der Waals surface area (Å²) in [7, 11) is 0. The van der Waals surface area contributed by atoms with E-state index in [-0.39, 0.29) is 5.91 Å². The Balaban J connectivity index is 1.92. The van der Waals surface area contributed by atoms with E-state index in [1.54, 1.807) is 6.08 Å². The van der Waals surface area contributed by atoms with E-state index in [0.717, 1.165) is 15.6 Å². The Hall–Kier alpha value is -1.57. The molecule has 0 unspecified atom stereocenters. The number of nitrogens with one attached hydrogen (secondary N) is 2. The van der Waals surface area contributed by atoms with Gasteiger partial charge in [-0.15, -0.1) is 16.8 Å². The number of amides is 1. The Bertz CT molecular complexity index is 675. The van der Waals surface area contributed by atoms with E-state index in [1.165, 1.54) is 23.1 Å². The van der Waals surface area contributed by atoms with E-state index in [4.69, 9.17) is 11.6 Å². The maximum Gasteiger partial charge on any atom is 0.230 e. The van der Waals surface area contributed by atoms with Crippen molar-refractivity contribution < 1.29 is 4.79 Å². The molecule has 2 N–H and O–H groups in total. The highest BCUT2D eigenvalue weighted by atomic mass is 35.5. The van der Waals surface area contributed by atoms with Crippen molar-refractivity contribution in [2.75, 3.05) is 17.6 Å². The zero-order valence-corrected chi connectivity index (χ0v) is 14.3. The third-order valence-electron chi connectivity index (χ3n) is 2.69. The van der Waals surface area contributed by atoms with E-state index in [0.29, 0.717) is 22.5 Å². The van der Waals surface area contributed by atoms with Gasteiger partial charge in [0.05, 0.1) is 5.75 Å². The van der Waals surface area contributed by atoms with Gasteiger partial charge < -0.3 is 10.6 Å². The minimum Gasteiger partial charge on any atom is -0.352 e. The second-order valence-corrected chi connectivity index (χ2v) is 6.90. The number of hydrogen-bond acceptors (Lipinski definition) is 6. The molecule has 0 spiro atoms. The highest BCUT2D eigenvalue weighted by molar-refractivity contribution is 8.01. The first kappa shape index (κ1) is 16.8. The van der Waals surface area contributed by atoms with Crippen molar-refractivity contribution >= 4 is 51.4 Å². The van der Waals surface area contributed by atoms with E-state index in [1.807, 2.05) is 25.1 Å². The van der Waals surface area contributed by atoms with Gasteiger partial charge >= 0.3 is 0 Å². The SMILES string of the molecule is C=CCNC(=O)CSc1nnc(Nc2cccc(Cl)c2C)s1. The Kier molecular flexibility index (Phi) is 6.23. The summed E-state index contributed by atoms with van der Waals surface area (Å²) in [6.07, 6.45) is 1.64. The molecular weight excluding hydrogens is 340 g/mol. The minimum atomic E-state index is -0.0553. The topological polar surface area (TPSA) is 66.9 Å². The summed E-state index contributed by atoms with van der Waals surface area (Å²) < 4.78 is 0.732. The van der Waals surface area contributed by atoms with Gasteiger partial charge in [-0.2, -0.15) is 0 Å². The average molecular weight is 355 g/mol. The van der Waals surface area contributed by atoms with Gasteiger partial charge in [-0.1, -0.05) is 46.8 Å². The lowest BCUT2D eigenvalue weighted by molar-refractivity contribution is -0.118. The Morgan fingerprint density at radius 1 is 1.50 bits per heavy atom. The normalized spacial score (nSPS) is 10.3. The van der Waals surface area contributed by atoms with Gasteiger partial charge in [0.2, 0.25) is 11.0 Å². The van der Waals surface area contributed by atoms with Gasteiger partial charge in [-0.05, 0) is 24.6 Å². The number of aromatic nitrogens is 2. The number of nitrogens with zero attached hydrogens (tertiary/aromatic N) is 2. The van der Waals surface area contributed by atoms with Crippen molar-refractivity contribution in [1.29, 1.82) is 0 Å². The van der Waals surface area contributed by atoms with Crippen LogP contribution in [0.15, 0.2) is 35.2 Å². The highest BCUT2D eigenvalue weighted by Gasteiger charge is 2.09. The predicted molar refractivity (Wildman–Crippen MR) is 93.3 cm³/mol. The largest absolute Gasteiger partial charge is 0.352 e. The third-order valence-corrected chi connectivity index (χ3v) is 5.07. The zero-order valence-electron chi connectivity index (χ0n) is 11.9. The molecule has 0 aliphatic rings. The molecule has 1 amide bonds. The molecular formula is C14H15ClN4OS2. The summed E-state index contributed by atoms with van der Waals surface area (Å²) in [5.74, 6) is 0.249. The van der Waals surface area contributed by atoms with Crippen LogP contribution in [-0.4, -0.2) is 28.4 Å². The van der Waals surface area contributed by atoms with Crippen molar-refractivity contribution in [3.63, 3.8) is 0 Å². The number of rotatable bonds is 7. The van der Waals surface area contributed by atoms with Gasteiger partial charge in [-0.25, -0.2) is 0 Å². The summed E-state index contributed by atoms with van der Waals surface area (Å²) in [5, 5.41) is 15.4. The highest BCUT2D eigenvalue weighted by Crippen LogP contribution is 2.30. The van der Waals surface area contributed by atoms with Crippen LogP contribution >= 0.6 is 34.7 Å². The van der Waals surface area contributed by atoms with Crippen LogP contribution in [0.25, 0.3) is 0 Å². The predicted octanol–water partition coefficient (Wildman–Crippen LogP) is 3.64. The summed E-state index contributed by atoms with van der Waals surface area (Å²) in [6, 6.07) is 5.64. The van der Waals surface area contributed by atoms with Crippen LogP contribution in [0, 0.1) is 6.92 Å². The Labute approximate surface area is 142 Å². The monoisotopic (exact) mass is 354 g/mol. The van der Waals surface area contributed by atoms with Crippen LogP contribution in [0.4, 0.5) is 10.8 Å². The molecule has 0 bridgehead atoms. The lowest BCUT2D eigenvalue weighted by atomic mass is 10.2. The number of carbonyl (C=O) groups is 1. The average Bonchev–Trinajstić information content (AvgIpc) is 2.95. The van der Waals surface area contributed by atoms with Crippen LogP contribution in [0.2, 0.25) is 5.02 Å². The fourth-order valence-corrected chi connectivity index (χ4v) is 3.31. The molecule has 8 heteroatoms. The van der Waals surface area contributed by atoms with Gasteiger partial charge in [-0.3, -0.25) is 4.79 Å². The molecule has 0 fully saturated rings. The van der Waals surface area contributed by atoms with Crippen molar-refractivity contribution in [3.05, 3.63) is 41.4 Å². The number of thioether (sulfide) groups is 1. The van der Waals surface area contributed by atoms with E-state index < -0.39 is 0 Å². The minimum absolute atomic E-state index is 0.0553. The standard InChI is InChI=1S/C14H15ClN4OS2/c1-3-7-16-12(20)8-21-14-19-18-13(22-14)17-11-6-4-5-10(15)9(11)2/h3-6H,1,7-8H2,2H3,(H,16,20)(H,17,18). The summed E-state index contributed by atoms with van der Waals surface area (Å²) in [5.41, 5.74) is 1.85. The molecule has 0 radical (unpaired) electrons. The van der Waals surface area contributed by atoms with Crippen LogP contribution in [0.5, 0.6) is 0 Å². The molecule has 22 heavy (non-hydrogen) atoms. The summed E-state index contributed by atoms with van der Waals surface area (Å²) in [6.45, 7) is 5.95. The van der Waals surface area contributed by atoms with Crippen molar-refractivity contribution in [3.8, 4) is 0 Å². The molecule has 1 aromatic heterocycles. The molecule has 1 aromatic carbocycles.